The van der Waals surface area contributed by atoms with E-state index in [2.05, 4.69) is 10.5 Å². The average molecular weight is 268 g/mol. The number of nitrogens with one attached hydrogen (secondary N) is 1. The Kier molecular flexibility index (Phi) is 2.75. The van der Waals surface area contributed by atoms with Crippen LogP contribution in [0.1, 0.15) is 27.4 Å². The zero-order valence-corrected chi connectivity index (χ0v) is 11.1. The number of aromatic nitrogens is 1. The molecule has 0 atom stereocenters. The van der Waals surface area contributed by atoms with E-state index in [0.29, 0.717) is 34.0 Å². The maximum Gasteiger partial charge on any atom is 0.233 e. The summed E-state index contributed by atoms with van der Waals surface area (Å²) in [7, 11) is 0. The van der Waals surface area contributed by atoms with Crippen molar-refractivity contribution < 1.29 is 14.1 Å². The summed E-state index contributed by atoms with van der Waals surface area (Å²) in [6.07, 6.45) is 1.32. The largest absolute Gasteiger partial charge is 0.359 e. The maximum absolute atomic E-state index is 11.8. The monoisotopic (exact) mass is 268 g/mol. The van der Waals surface area contributed by atoms with Gasteiger partial charge < -0.3 is 9.84 Å². The van der Waals surface area contributed by atoms with Crippen LogP contribution in [0.4, 0.5) is 5.69 Å². The molecular weight excluding hydrogens is 256 g/mol. The minimum Gasteiger partial charge on any atom is -0.359 e. The summed E-state index contributed by atoms with van der Waals surface area (Å²) in [4.78, 5) is 23.6. The highest BCUT2D eigenvalue weighted by Gasteiger charge is 2.26. The topological polar surface area (TPSA) is 72.2 Å². The zero-order valence-electron chi connectivity index (χ0n) is 11.1. The van der Waals surface area contributed by atoms with Gasteiger partial charge in [-0.3, -0.25) is 9.59 Å². The van der Waals surface area contributed by atoms with Gasteiger partial charge in [-0.2, -0.15) is 0 Å². The Labute approximate surface area is 115 Å². The molecular formula is C15H12N2O3. The lowest BCUT2D eigenvalue weighted by Gasteiger charge is -2.17. The van der Waals surface area contributed by atoms with Crippen LogP contribution >= 0.6 is 0 Å². The Morgan fingerprint density at radius 1 is 1.10 bits per heavy atom. The summed E-state index contributed by atoms with van der Waals surface area (Å²) in [5.41, 5.74) is 3.12. The molecule has 100 valence electrons. The second-order valence-corrected chi connectivity index (χ2v) is 4.62. The molecule has 0 spiro atoms. The summed E-state index contributed by atoms with van der Waals surface area (Å²) in [6, 6.07) is 7.02. The van der Waals surface area contributed by atoms with Crippen molar-refractivity contribution in [1.29, 1.82) is 0 Å². The van der Waals surface area contributed by atoms with Crippen molar-refractivity contribution in [2.24, 2.45) is 0 Å². The molecule has 1 N–H and O–H groups in total. The van der Waals surface area contributed by atoms with Crippen LogP contribution in [0.3, 0.4) is 0 Å². The Bertz CT molecular complexity index is 737. The molecule has 2 aromatic rings. The number of nitrogens with zero attached hydrogens (tertiary/aromatic N) is 1. The summed E-state index contributed by atoms with van der Waals surface area (Å²) < 4.78 is 5.08. The Morgan fingerprint density at radius 2 is 1.80 bits per heavy atom. The second kappa shape index (κ2) is 4.45. The fraction of sp³-hybridized carbons (Fsp3) is 0.133. The number of anilines is 1. The molecule has 1 aliphatic rings. The third-order valence-corrected chi connectivity index (χ3v) is 3.25. The summed E-state index contributed by atoms with van der Waals surface area (Å²) >= 11 is 0. The van der Waals surface area contributed by atoms with Gasteiger partial charge in [-0.05, 0) is 13.8 Å². The number of Topliss-reactive ketones (excluding diaryl/α,β-unsaturated/α-hetero) is 1. The van der Waals surface area contributed by atoms with Gasteiger partial charge in [0.2, 0.25) is 11.6 Å². The number of rotatable bonds is 2. The molecule has 1 aromatic carbocycles. The second-order valence-electron chi connectivity index (χ2n) is 4.62. The van der Waals surface area contributed by atoms with E-state index in [4.69, 9.17) is 4.52 Å². The summed E-state index contributed by atoms with van der Waals surface area (Å²) in [5.74, 6) is -0.381. The van der Waals surface area contributed by atoms with Crippen molar-refractivity contribution >= 4 is 23.0 Å². The van der Waals surface area contributed by atoms with Crippen LogP contribution in [0.15, 0.2) is 34.9 Å². The smallest absolute Gasteiger partial charge is 0.233 e. The quantitative estimate of drug-likeness (QED) is 0.847. The lowest BCUT2D eigenvalue weighted by molar-refractivity contribution is -0.111. The predicted molar refractivity (Wildman–Crippen MR) is 73.4 cm³/mol. The van der Waals surface area contributed by atoms with Gasteiger partial charge in [-0.15, -0.1) is 0 Å². The maximum atomic E-state index is 11.8. The minimum absolute atomic E-state index is 0.411. The highest BCUT2D eigenvalue weighted by molar-refractivity contribution is 6.50. The molecule has 5 heteroatoms. The number of carbonyl (C=O) groups is 2. The molecule has 0 radical (unpaired) electrons. The molecule has 0 fully saturated rings. The van der Waals surface area contributed by atoms with Gasteiger partial charge in [0.1, 0.15) is 11.4 Å². The molecule has 1 heterocycles. The fourth-order valence-electron chi connectivity index (χ4n) is 2.22. The number of benzene rings is 1. The van der Waals surface area contributed by atoms with Crippen molar-refractivity contribution in [2.75, 3.05) is 5.32 Å². The molecule has 20 heavy (non-hydrogen) atoms. The van der Waals surface area contributed by atoms with Crippen LogP contribution in [0.5, 0.6) is 0 Å². The number of hydrogen-bond acceptors (Lipinski definition) is 5. The third kappa shape index (κ3) is 1.84. The van der Waals surface area contributed by atoms with Gasteiger partial charge in [-0.25, -0.2) is 0 Å². The first kappa shape index (κ1) is 12.3. The van der Waals surface area contributed by atoms with E-state index in [-0.39, 0.29) is 0 Å². The first-order valence-corrected chi connectivity index (χ1v) is 6.17. The molecule has 0 bridgehead atoms. The lowest BCUT2D eigenvalue weighted by Crippen LogP contribution is -2.21. The molecule has 5 nitrogen and oxygen atoms in total. The van der Waals surface area contributed by atoms with Crippen LogP contribution in [0.25, 0.3) is 5.70 Å². The first-order valence-electron chi connectivity index (χ1n) is 6.17. The first-order chi connectivity index (χ1) is 9.58. The van der Waals surface area contributed by atoms with Crippen molar-refractivity contribution in [1.82, 2.24) is 5.16 Å². The molecule has 0 amide bonds. The number of allylic oxidation sites excluding steroid dienone is 1. The fourth-order valence-corrected chi connectivity index (χ4v) is 2.22. The van der Waals surface area contributed by atoms with Crippen LogP contribution < -0.4 is 5.32 Å². The van der Waals surface area contributed by atoms with Gasteiger partial charge in [0.05, 0.1) is 5.70 Å². The predicted octanol–water partition coefficient (Wildman–Crippen LogP) is 2.51. The Balaban J connectivity index is 2.08. The standard InChI is InChI=1S/C15H12N2O3/c1-8-14(9(2)20-17-8)16-12-7-13(18)15(19)11-6-4-3-5-10(11)12/h3-7,16H,1-2H3. The Morgan fingerprint density at radius 3 is 2.45 bits per heavy atom. The normalized spacial score (nSPS) is 14.0. The number of ketones is 2. The van der Waals surface area contributed by atoms with E-state index in [1.165, 1.54) is 6.08 Å². The van der Waals surface area contributed by atoms with Crippen molar-refractivity contribution in [3.63, 3.8) is 0 Å². The molecule has 0 saturated carbocycles. The van der Waals surface area contributed by atoms with E-state index in [1.54, 1.807) is 32.0 Å². The zero-order chi connectivity index (χ0) is 14.3. The SMILES string of the molecule is Cc1noc(C)c1NC1=CC(=O)C(=O)c2ccccc21. The van der Waals surface area contributed by atoms with Crippen LogP contribution in [0, 0.1) is 13.8 Å². The lowest BCUT2D eigenvalue weighted by atomic mass is 9.92. The van der Waals surface area contributed by atoms with Crippen LogP contribution in [0.2, 0.25) is 0 Å². The molecule has 0 aliphatic heterocycles. The summed E-state index contributed by atoms with van der Waals surface area (Å²) in [5, 5.41) is 6.99. The number of carbonyl (C=O) groups excluding carboxylic acids is 2. The van der Waals surface area contributed by atoms with Crippen molar-refractivity contribution in [2.45, 2.75) is 13.8 Å². The highest BCUT2D eigenvalue weighted by Crippen LogP contribution is 2.29. The minimum atomic E-state index is -0.530. The van der Waals surface area contributed by atoms with Gasteiger partial charge in [0, 0.05) is 17.2 Å². The number of aryl methyl sites for hydroxylation is 2. The third-order valence-electron chi connectivity index (χ3n) is 3.25. The van der Waals surface area contributed by atoms with E-state index >= 15 is 0 Å². The van der Waals surface area contributed by atoms with E-state index in [9.17, 15) is 9.59 Å². The average Bonchev–Trinajstić information content (AvgIpc) is 2.76. The van der Waals surface area contributed by atoms with Gasteiger partial charge >= 0.3 is 0 Å². The number of hydrogen-bond donors (Lipinski definition) is 1. The summed E-state index contributed by atoms with van der Waals surface area (Å²) in [6.45, 7) is 3.59. The molecule has 0 saturated heterocycles. The van der Waals surface area contributed by atoms with Gasteiger partial charge in [0.25, 0.3) is 0 Å². The van der Waals surface area contributed by atoms with E-state index < -0.39 is 11.6 Å². The highest BCUT2D eigenvalue weighted by atomic mass is 16.5. The van der Waals surface area contributed by atoms with Crippen molar-refractivity contribution in [3.05, 3.63) is 52.9 Å². The van der Waals surface area contributed by atoms with Crippen LogP contribution in [-0.4, -0.2) is 16.7 Å². The molecule has 1 aromatic heterocycles. The molecule has 3 rings (SSSR count). The van der Waals surface area contributed by atoms with Crippen LogP contribution in [-0.2, 0) is 4.79 Å². The van der Waals surface area contributed by atoms with E-state index in [0.717, 1.165) is 0 Å². The van der Waals surface area contributed by atoms with Gasteiger partial charge in [-0.1, -0.05) is 29.4 Å². The molecule has 0 unspecified atom stereocenters. The van der Waals surface area contributed by atoms with E-state index in [1.807, 2.05) is 6.07 Å². The van der Waals surface area contributed by atoms with Crippen molar-refractivity contribution in [3.8, 4) is 0 Å². The Hall–Kier alpha value is -2.69. The molecule has 1 aliphatic carbocycles. The van der Waals surface area contributed by atoms with Gasteiger partial charge in [0.15, 0.2) is 5.76 Å². The number of fused-ring (bicyclic) bond motifs is 1.